The van der Waals surface area contributed by atoms with Crippen molar-refractivity contribution in [1.29, 1.82) is 0 Å². The molecule has 2 rings (SSSR count). The molecular weight excluding hydrogens is 310 g/mol. The molecular formula is C18H22BrN. The van der Waals surface area contributed by atoms with Gasteiger partial charge in [0.15, 0.2) is 0 Å². The molecule has 0 saturated carbocycles. The average molecular weight is 332 g/mol. The summed E-state index contributed by atoms with van der Waals surface area (Å²) >= 11 is 3.50. The summed E-state index contributed by atoms with van der Waals surface area (Å²) in [7, 11) is 0. The molecule has 0 spiro atoms. The van der Waals surface area contributed by atoms with Crippen LogP contribution in [-0.4, -0.2) is 0 Å². The van der Waals surface area contributed by atoms with Gasteiger partial charge in [-0.05, 0) is 74.1 Å². The molecule has 0 aliphatic carbocycles. The monoisotopic (exact) mass is 331 g/mol. The van der Waals surface area contributed by atoms with Gasteiger partial charge < -0.3 is 5.73 Å². The van der Waals surface area contributed by atoms with Crippen molar-refractivity contribution >= 4 is 15.9 Å². The first-order chi connectivity index (χ1) is 9.38. The summed E-state index contributed by atoms with van der Waals surface area (Å²) in [5.41, 5.74) is 14.3. The molecule has 106 valence electrons. The van der Waals surface area contributed by atoms with E-state index in [2.05, 4.69) is 74.0 Å². The predicted molar refractivity (Wildman–Crippen MR) is 90.2 cm³/mol. The van der Waals surface area contributed by atoms with Crippen molar-refractivity contribution < 1.29 is 0 Å². The van der Waals surface area contributed by atoms with Gasteiger partial charge in [0.1, 0.15) is 0 Å². The number of hydrogen-bond donors (Lipinski definition) is 1. The zero-order valence-electron chi connectivity index (χ0n) is 12.6. The van der Waals surface area contributed by atoms with E-state index < -0.39 is 0 Å². The second kappa shape index (κ2) is 6.11. The quantitative estimate of drug-likeness (QED) is 0.848. The Labute approximate surface area is 130 Å². The van der Waals surface area contributed by atoms with Crippen LogP contribution in [0.3, 0.4) is 0 Å². The van der Waals surface area contributed by atoms with Gasteiger partial charge in [-0.1, -0.05) is 39.7 Å². The molecule has 0 heterocycles. The fourth-order valence-electron chi connectivity index (χ4n) is 2.92. The second-order valence-electron chi connectivity index (χ2n) is 5.69. The molecule has 0 bridgehead atoms. The number of aryl methyl sites for hydroxylation is 4. The van der Waals surface area contributed by atoms with Crippen molar-refractivity contribution in [3.8, 4) is 0 Å². The number of halogens is 1. The maximum Gasteiger partial charge on any atom is 0.0338 e. The summed E-state index contributed by atoms with van der Waals surface area (Å²) in [5, 5.41) is 0. The van der Waals surface area contributed by atoms with Crippen LogP contribution in [0.2, 0.25) is 0 Å². The van der Waals surface area contributed by atoms with Gasteiger partial charge in [-0.2, -0.15) is 0 Å². The molecule has 0 aliphatic heterocycles. The smallest absolute Gasteiger partial charge is 0.0338 e. The summed E-state index contributed by atoms with van der Waals surface area (Å²) < 4.78 is 1.11. The summed E-state index contributed by atoms with van der Waals surface area (Å²) in [5.74, 6) is 0. The summed E-state index contributed by atoms with van der Waals surface area (Å²) in [6.07, 6.45) is 0.889. The normalized spacial score (nSPS) is 12.5. The van der Waals surface area contributed by atoms with E-state index in [0.29, 0.717) is 0 Å². The van der Waals surface area contributed by atoms with Crippen LogP contribution in [0.25, 0.3) is 0 Å². The zero-order chi connectivity index (χ0) is 14.9. The molecule has 2 aromatic rings. The molecule has 0 amide bonds. The molecule has 1 atom stereocenters. The topological polar surface area (TPSA) is 26.0 Å². The minimum atomic E-state index is 0.0446. The van der Waals surface area contributed by atoms with Gasteiger partial charge in [0.25, 0.3) is 0 Å². The molecule has 0 aliphatic rings. The van der Waals surface area contributed by atoms with E-state index in [1.165, 1.54) is 33.4 Å². The Morgan fingerprint density at radius 3 is 2.10 bits per heavy atom. The standard InChI is InChI=1S/C18H22BrN/c1-11-7-12(2)17(13(3)8-11)10-18(20)16-6-5-15(19)9-14(16)4/h5-9,18H,10,20H2,1-4H3. The van der Waals surface area contributed by atoms with Crippen molar-refractivity contribution in [2.75, 3.05) is 0 Å². The first-order valence-corrected chi connectivity index (χ1v) is 7.76. The third-order valence-electron chi connectivity index (χ3n) is 3.90. The third kappa shape index (κ3) is 3.31. The highest BCUT2D eigenvalue weighted by Crippen LogP contribution is 2.26. The van der Waals surface area contributed by atoms with E-state index in [9.17, 15) is 0 Å². The van der Waals surface area contributed by atoms with Gasteiger partial charge in [0, 0.05) is 10.5 Å². The minimum Gasteiger partial charge on any atom is -0.324 e. The predicted octanol–water partition coefficient (Wildman–Crippen LogP) is 4.93. The van der Waals surface area contributed by atoms with Gasteiger partial charge in [-0.15, -0.1) is 0 Å². The van der Waals surface area contributed by atoms with E-state index in [4.69, 9.17) is 5.73 Å². The van der Waals surface area contributed by atoms with Crippen molar-refractivity contribution in [2.24, 2.45) is 5.73 Å². The number of hydrogen-bond acceptors (Lipinski definition) is 1. The third-order valence-corrected chi connectivity index (χ3v) is 4.39. The lowest BCUT2D eigenvalue weighted by Crippen LogP contribution is -2.16. The highest BCUT2D eigenvalue weighted by molar-refractivity contribution is 9.10. The molecule has 1 unspecified atom stereocenters. The summed E-state index contributed by atoms with van der Waals surface area (Å²) in [6.45, 7) is 8.62. The van der Waals surface area contributed by atoms with Gasteiger partial charge in [0.2, 0.25) is 0 Å². The van der Waals surface area contributed by atoms with Gasteiger partial charge in [-0.3, -0.25) is 0 Å². The van der Waals surface area contributed by atoms with Gasteiger partial charge in [-0.25, -0.2) is 0 Å². The van der Waals surface area contributed by atoms with E-state index in [1.54, 1.807) is 0 Å². The number of nitrogens with two attached hydrogens (primary N) is 1. The Bertz CT molecular complexity index is 608. The van der Waals surface area contributed by atoms with Crippen molar-refractivity contribution in [3.63, 3.8) is 0 Å². The lowest BCUT2D eigenvalue weighted by molar-refractivity contribution is 0.710. The molecule has 20 heavy (non-hydrogen) atoms. The zero-order valence-corrected chi connectivity index (χ0v) is 14.2. The fraction of sp³-hybridized carbons (Fsp3) is 0.333. The van der Waals surface area contributed by atoms with Crippen molar-refractivity contribution in [3.05, 3.63) is 68.2 Å². The van der Waals surface area contributed by atoms with E-state index in [-0.39, 0.29) is 6.04 Å². The molecule has 1 nitrogen and oxygen atoms in total. The number of benzene rings is 2. The molecule has 2 aromatic carbocycles. The summed E-state index contributed by atoms with van der Waals surface area (Å²) in [6, 6.07) is 10.8. The summed E-state index contributed by atoms with van der Waals surface area (Å²) in [4.78, 5) is 0. The SMILES string of the molecule is Cc1cc(C)c(CC(N)c2ccc(Br)cc2C)c(C)c1. The average Bonchev–Trinajstić information content (AvgIpc) is 2.33. The fourth-order valence-corrected chi connectivity index (χ4v) is 3.39. The van der Waals surface area contributed by atoms with Crippen molar-refractivity contribution in [1.82, 2.24) is 0 Å². The first-order valence-electron chi connectivity index (χ1n) is 6.97. The van der Waals surface area contributed by atoms with Crippen LogP contribution < -0.4 is 5.73 Å². The van der Waals surface area contributed by atoms with Gasteiger partial charge in [0.05, 0.1) is 0 Å². The van der Waals surface area contributed by atoms with Crippen LogP contribution in [-0.2, 0) is 6.42 Å². The Hall–Kier alpha value is -1.12. The molecule has 0 fully saturated rings. The minimum absolute atomic E-state index is 0.0446. The lowest BCUT2D eigenvalue weighted by atomic mass is 9.90. The van der Waals surface area contributed by atoms with E-state index in [1.807, 2.05) is 0 Å². The largest absolute Gasteiger partial charge is 0.324 e. The van der Waals surface area contributed by atoms with Crippen LogP contribution in [0, 0.1) is 27.7 Å². The Balaban J connectivity index is 2.30. The Morgan fingerprint density at radius 2 is 1.55 bits per heavy atom. The Morgan fingerprint density at radius 1 is 0.950 bits per heavy atom. The maximum atomic E-state index is 6.44. The highest BCUT2D eigenvalue weighted by atomic mass is 79.9. The second-order valence-corrected chi connectivity index (χ2v) is 6.60. The molecule has 0 saturated heterocycles. The number of rotatable bonds is 3. The van der Waals surface area contributed by atoms with Crippen LogP contribution in [0.5, 0.6) is 0 Å². The van der Waals surface area contributed by atoms with Crippen molar-refractivity contribution in [2.45, 2.75) is 40.2 Å². The lowest BCUT2D eigenvalue weighted by Gasteiger charge is -2.18. The molecule has 0 radical (unpaired) electrons. The van der Waals surface area contributed by atoms with Crippen LogP contribution in [0.15, 0.2) is 34.8 Å². The maximum absolute atomic E-state index is 6.44. The van der Waals surface area contributed by atoms with Gasteiger partial charge >= 0.3 is 0 Å². The highest BCUT2D eigenvalue weighted by Gasteiger charge is 2.13. The molecule has 2 heteroatoms. The molecule has 0 aromatic heterocycles. The van der Waals surface area contributed by atoms with Crippen LogP contribution >= 0.6 is 15.9 Å². The van der Waals surface area contributed by atoms with E-state index >= 15 is 0 Å². The Kier molecular flexibility index (Phi) is 4.66. The van der Waals surface area contributed by atoms with Crippen LogP contribution in [0.4, 0.5) is 0 Å². The van der Waals surface area contributed by atoms with E-state index in [0.717, 1.165) is 10.9 Å². The first kappa shape index (κ1) is 15.3. The van der Waals surface area contributed by atoms with Crippen LogP contribution in [0.1, 0.15) is 39.4 Å². The molecule has 2 N–H and O–H groups in total.